The Bertz CT molecular complexity index is 706. The summed E-state index contributed by atoms with van der Waals surface area (Å²) in [5.41, 5.74) is 2.33. The summed E-state index contributed by atoms with van der Waals surface area (Å²) in [6.45, 7) is 5.74. The second kappa shape index (κ2) is 4.79. The Kier molecular flexibility index (Phi) is 3.12. The topological polar surface area (TPSA) is 47.1 Å². The van der Waals surface area contributed by atoms with Gasteiger partial charge in [-0.2, -0.15) is 0 Å². The van der Waals surface area contributed by atoms with E-state index in [4.69, 9.17) is 0 Å². The van der Waals surface area contributed by atoms with Crippen molar-refractivity contribution in [3.05, 3.63) is 40.7 Å². The third-order valence-corrected chi connectivity index (χ3v) is 4.14. The van der Waals surface area contributed by atoms with Gasteiger partial charge in [-0.05, 0) is 13.8 Å². The maximum atomic E-state index is 4.59. The normalized spacial score (nSPS) is 11.5. The number of nitrogens with one attached hydrogen (secondary N) is 1. The second-order valence-electron chi connectivity index (χ2n) is 4.70. The lowest BCUT2D eigenvalue weighted by atomic mass is 10.3. The van der Waals surface area contributed by atoms with Gasteiger partial charge in [0.2, 0.25) is 0 Å². The van der Waals surface area contributed by atoms with E-state index in [1.165, 1.54) is 10.6 Å². The van der Waals surface area contributed by atoms with E-state index in [0.29, 0.717) is 0 Å². The first-order chi connectivity index (χ1) is 9.15. The minimum Gasteiger partial charge on any atom is -0.337 e. The number of thiazole rings is 1. The van der Waals surface area contributed by atoms with Crippen LogP contribution in [-0.2, 0) is 20.1 Å². The molecule has 3 heterocycles. The largest absolute Gasteiger partial charge is 0.337 e. The van der Waals surface area contributed by atoms with E-state index >= 15 is 0 Å². The third-order valence-electron chi connectivity index (χ3n) is 3.24. The van der Waals surface area contributed by atoms with Gasteiger partial charge < -0.3 is 9.88 Å². The van der Waals surface area contributed by atoms with Crippen LogP contribution in [0.2, 0.25) is 0 Å². The zero-order valence-electron chi connectivity index (χ0n) is 11.3. The molecule has 3 aromatic heterocycles. The molecule has 3 rings (SSSR count). The molecule has 0 fully saturated rings. The molecule has 1 N–H and O–H groups in total. The number of fused-ring (bicyclic) bond motifs is 1. The molecular formula is C13H17N5S. The van der Waals surface area contributed by atoms with Gasteiger partial charge in [-0.25, -0.2) is 9.97 Å². The first kappa shape index (κ1) is 12.4. The van der Waals surface area contributed by atoms with Crippen molar-refractivity contribution < 1.29 is 0 Å². The Morgan fingerprint density at radius 1 is 1.32 bits per heavy atom. The molecule has 100 valence electrons. The molecule has 0 saturated heterocycles. The number of aryl methyl sites for hydroxylation is 3. The Morgan fingerprint density at radius 2 is 2.16 bits per heavy atom. The summed E-state index contributed by atoms with van der Waals surface area (Å²) in [6.07, 6.45) is 5.93. The molecule has 0 aliphatic carbocycles. The Hall–Kier alpha value is -1.66. The maximum absolute atomic E-state index is 4.59. The Balaban J connectivity index is 1.74. The van der Waals surface area contributed by atoms with E-state index in [1.807, 2.05) is 24.0 Å². The van der Waals surface area contributed by atoms with Crippen LogP contribution in [0.1, 0.15) is 22.1 Å². The molecule has 0 bridgehead atoms. The van der Waals surface area contributed by atoms with Gasteiger partial charge in [0.15, 0.2) is 4.96 Å². The van der Waals surface area contributed by atoms with Crippen molar-refractivity contribution in [2.24, 2.45) is 7.05 Å². The number of hydrogen-bond donors (Lipinski definition) is 1. The van der Waals surface area contributed by atoms with Crippen LogP contribution in [0.3, 0.4) is 0 Å². The van der Waals surface area contributed by atoms with Gasteiger partial charge in [-0.15, -0.1) is 11.3 Å². The van der Waals surface area contributed by atoms with Crippen molar-refractivity contribution in [1.29, 1.82) is 0 Å². The first-order valence-corrected chi connectivity index (χ1v) is 7.07. The molecule has 0 radical (unpaired) electrons. The molecule has 0 aromatic carbocycles. The molecule has 0 unspecified atom stereocenters. The predicted octanol–water partition coefficient (Wildman–Crippen LogP) is 2.04. The standard InChI is InChI=1S/C13H17N5S/c1-9-8-18-11(10(2)16-13(18)19-9)6-14-7-12-15-4-5-17(12)3/h4-5,8,14H,6-7H2,1-3H3. The minimum absolute atomic E-state index is 0.763. The highest BCUT2D eigenvalue weighted by atomic mass is 32.1. The van der Waals surface area contributed by atoms with Crippen LogP contribution in [0.25, 0.3) is 4.96 Å². The van der Waals surface area contributed by atoms with Crippen LogP contribution in [0.4, 0.5) is 0 Å². The monoisotopic (exact) mass is 275 g/mol. The fourth-order valence-electron chi connectivity index (χ4n) is 2.18. The molecule has 3 aromatic rings. The van der Waals surface area contributed by atoms with Gasteiger partial charge in [0.1, 0.15) is 5.82 Å². The quantitative estimate of drug-likeness (QED) is 0.792. The van der Waals surface area contributed by atoms with E-state index in [2.05, 4.69) is 39.7 Å². The predicted molar refractivity (Wildman–Crippen MR) is 76.3 cm³/mol. The maximum Gasteiger partial charge on any atom is 0.194 e. The zero-order chi connectivity index (χ0) is 13.4. The van der Waals surface area contributed by atoms with Gasteiger partial charge in [0.05, 0.1) is 17.9 Å². The number of rotatable bonds is 4. The number of imidazole rings is 2. The average Bonchev–Trinajstić information content (AvgIpc) is 2.98. The fraction of sp³-hybridized carbons (Fsp3) is 0.385. The molecule has 19 heavy (non-hydrogen) atoms. The zero-order valence-corrected chi connectivity index (χ0v) is 12.2. The van der Waals surface area contributed by atoms with E-state index in [9.17, 15) is 0 Å². The van der Waals surface area contributed by atoms with Gasteiger partial charge >= 0.3 is 0 Å². The van der Waals surface area contributed by atoms with Crippen molar-refractivity contribution in [3.63, 3.8) is 0 Å². The van der Waals surface area contributed by atoms with Crippen LogP contribution in [0.15, 0.2) is 18.6 Å². The van der Waals surface area contributed by atoms with Crippen LogP contribution in [-0.4, -0.2) is 18.9 Å². The van der Waals surface area contributed by atoms with Crippen LogP contribution >= 0.6 is 11.3 Å². The van der Waals surface area contributed by atoms with Gasteiger partial charge in [-0.1, -0.05) is 0 Å². The summed E-state index contributed by atoms with van der Waals surface area (Å²) in [4.78, 5) is 11.2. The summed E-state index contributed by atoms with van der Waals surface area (Å²) in [5, 5.41) is 3.43. The molecule has 0 amide bonds. The van der Waals surface area contributed by atoms with Gasteiger partial charge in [0, 0.05) is 37.1 Å². The smallest absolute Gasteiger partial charge is 0.194 e. The summed E-state index contributed by atoms with van der Waals surface area (Å²) < 4.78 is 4.21. The van der Waals surface area contributed by atoms with Crippen LogP contribution < -0.4 is 5.32 Å². The van der Waals surface area contributed by atoms with Crippen LogP contribution in [0, 0.1) is 13.8 Å². The lowest BCUT2D eigenvalue weighted by Gasteiger charge is -2.05. The van der Waals surface area contributed by atoms with Crippen molar-refractivity contribution in [1.82, 2.24) is 24.3 Å². The fourth-order valence-corrected chi connectivity index (χ4v) is 3.07. The van der Waals surface area contributed by atoms with Crippen molar-refractivity contribution in [3.8, 4) is 0 Å². The Labute approximate surface area is 115 Å². The number of hydrogen-bond acceptors (Lipinski definition) is 4. The van der Waals surface area contributed by atoms with Gasteiger partial charge in [-0.3, -0.25) is 4.40 Å². The molecule has 0 atom stereocenters. The SMILES string of the molecule is Cc1cn2c(CNCc3nccn3C)c(C)nc2s1. The number of nitrogens with zero attached hydrogens (tertiary/aromatic N) is 4. The van der Waals surface area contributed by atoms with Crippen molar-refractivity contribution in [2.75, 3.05) is 0 Å². The molecule has 0 spiro atoms. The summed E-state index contributed by atoms with van der Waals surface area (Å²) >= 11 is 1.73. The summed E-state index contributed by atoms with van der Waals surface area (Å²) in [5.74, 6) is 1.04. The number of aromatic nitrogens is 4. The first-order valence-electron chi connectivity index (χ1n) is 6.26. The summed E-state index contributed by atoms with van der Waals surface area (Å²) in [6, 6.07) is 0. The molecule has 0 aliphatic rings. The summed E-state index contributed by atoms with van der Waals surface area (Å²) in [7, 11) is 2.01. The Morgan fingerprint density at radius 3 is 2.89 bits per heavy atom. The van der Waals surface area contributed by atoms with E-state index in [1.54, 1.807) is 11.3 Å². The molecule has 6 heteroatoms. The van der Waals surface area contributed by atoms with Crippen LogP contribution in [0.5, 0.6) is 0 Å². The van der Waals surface area contributed by atoms with Crippen molar-refractivity contribution >= 4 is 16.3 Å². The highest BCUT2D eigenvalue weighted by Gasteiger charge is 2.10. The van der Waals surface area contributed by atoms with E-state index in [0.717, 1.165) is 29.6 Å². The molecular weight excluding hydrogens is 258 g/mol. The molecule has 0 aliphatic heterocycles. The lowest BCUT2D eigenvalue weighted by Crippen LogP contribution is -2.17. The molecule has 0 saturated carbocycles. The lowest BCUT2D eigenvalue weighted by molar-refractivity contribution is 0.626. The van der Waals surface area contributed by atoms with Crippen molar-refractivity contribution in [2.45, 2.75) is 26.9 Å². The van der Waals surface area contributed by atoms with E-state index < -0.39 is 0 Å². The highest BCUT2D eigenvalue weighted by Crippen LogP contribution is 2.20. The average molecular weight is 275 g/mol. The minimum atomic E-state index is 0.763. The van der Waals surface area contributed by atoms with E-state index in [-0.39, 0.29) is 0 Å². The van der Waals surface area contributed by atoms with Gasteiger partial charge in [0.25, 0.3) is 0 Å². The highest BCUT2D eigenvalue weighted by molar-refractivity contribution is 7.17. The third kappa shape index (κ3) is 2.29. The second-order valence-corrected chi connectivity index (χ2v) is 5.91. The molecule has 5 nitrogen and oxygen atoms in total.